The van der Waals surface area contributed by atoms with E-state index in [1.54, 1.807) is 63.2 Å². The zero-order valence-corrected chi connectivity index (χ0v) is 16.4. The lowest BCUT2D eigenvalue weighted by molar-refractivity contribution is 0.0378. The van der Waals surface area contributed by atoms with Crippen molar-refractivity contribution < 1.29 is 22.4 Å². The number of sulfonamides is 1. The number of nitrogens with one attached hydrogen (secondary N) is 1. The van der Waals surface area contributed by atoms with Crippen molar-refractivity contribution in [3.05, 3.63) is 59.4 Å². The second-order valence-corrected chi connectivity index (χ2v) is 8.30. The van der Waals surface area contributed by atoms with E-state index >= 15 is 0 Å². The Hall–Kier alpha value is -2.80. The molecule has 0 aliphatic heterocycles. The highest BCUT2D eigenvalue weighted by Crippen LogP contribution is 2.30. The maximum atomic E-state index is 12.6. The molecule has 0 saturated heterocycles. The molecule has 3 aromatic rings. The number of rotatable bonds is 5. The number of aryl methyl sites for hydroxylation is 2. The molecule has 7 heteroatoms. The van der Waals surface area contributed by atoms with E-state index in [2.05, 4.69) is 4.72 Å². The predicted molar refractivity (Wildman–Crippen MR) is 103 cm³/mol. The van der Waals surface area contributed by atoms with Gasteiger partial charge < -0.3 is 9.15 Å². The first-order chi connectivity index (χ1) is 12.7. The SMILES string of the molecule is Cc1ccc(S(=O)(=O)Nc2ccc3oc(C)c(C(=O)OC(C)C)c3c2)cc1. The van der Waals surface area contributed by atoms with Gasteiger partial charge in [0.2, 0.25) is 0 Å². The summed E-state index contributed by atoms with van der Waals surface area (Å²) in [7, 11) is -3.74. The van der Waals surface area contributed by atoms with E-state index in [0.717, 1.165) is 5.56 Å². The first kappa shape index (κ1) is 19.0. The molecule has 0 atom stereocenters. The van der Waals surface area contributed by atoms with E-state index in [1.165, 1.54) is 0 Å². The van der Waals surface area contributed by atoms with Crippen LogP contribution >= 0.6 is 0 Å². The molecular weight excluding hydrogens is 366 g/mol. The van der Waals surface area contributed by atoms with E-state index < -0.39 is 16.0 Å². The molecule has 0 spiro atoms. The first-order valence-corrected chi connectivity index (χ1v) is 9.99. The number of esters is 1. The minimum atomic E-state index is -3.74. The summed E-state index contributed by atoms with van der Waals surface area (Å²) >= 11 is 0. The molecule has 0 amide bonds. The van der Waals surface area contributed by atoms with Crippen LogP contribution in [-0.2, 0) is 14.8 Å². The lowest BCUT2D eigenvalue weighted by atomic mass is 10.1. The third-order valence-electron chi connectivity index (χ3n) is 3.99. The third kappa shape index (κ3) is 3.98. The Balaban J connectivity index is 1.99. The monoisotopic (exact) mass is 387 g/mol. The van der Waals surface area contributed by atoms with Crippen LogP contribution in [0.4, 0.5) is 5.69 Å². The van der Waals surface area contributed by atoms with E-state index in [9.17, 15) is 13.2 Å². The third-order valence-corrected chi connectivity index (χ3v) is 5.39. The normalized spacial score (nSPS) is 11.7. The number of furan rings is 1. The van der Waals surface area contributed by atoms with Crippen LogP contribution in [0, 0.1) is 13.8 Å². The quantitative estimate of drug-likeness (QED) is 0.655. The highest BCUT2D eigenvalue weighted by Gasteiger charge is 2.22. The molecule has 0 saturated carbocycles. The molecule has 0 aliphatic rings. The number of fused-ring (bicyclic) bond motifs is 1. The molecule has 2 aromatic carbocycles. The van der Waals surface area contributed by atoms with Gasteiger partial charge in [0.15, 0.2) is 0 Å². The van der Waals surface area contributed by atoms with Gasteiger partial charge in [-0.3, -0.25) is 4.72 Å². The smallest absolute Gasteiger partial charge is 0.342 e. The average Bonchev–Trinajstić information content (AvgIpc) is 2.89. The highest BCUT2D eigenvalue weighted by molar-refractivity contribution is 7.92. The Labute approximate surface area is 158 Å². The van der Waals surface area contributed by atoms with Crippen LogP contribution in [-0.4, -0.2) is 20.5 Å². The van der Waals surface area contributed by atoms with Crippen LogP contribution in [0.1, 0.15) is 35.5 Å². The van der Waals surface area contributed by atoms with E-state index in [0.29, 0.717) is 28.0 Å². The molecule has 1 N–H and O–H groups in total. The number of carbonyl (C=O) groups is 1. The second kappa shape index (κ2) is 7.08. The fourth-order valence-electron chi connectivity index (χ4n) is 2.74. The summed E-state index contributed by atoms with van der Waals surface area (Å²) in [5, 5.41) is 0.502. The lowest BCUT2D eigenvalue weighted by Crippen LogP contribution is -2.13. The van der Waals surface area contributed by atoms with Gasteiger partial charge >= 0.3 is 5.97 Å². The molecular formula is C20H21NO5S. The fourth-order valence-corrected chi connectivity index (χ4v) is 3.79. The summed E-state index contributed by atoms with van der Waals surface area (Å²) in [5.41, 5.74) is 2.09. The molecule has 1 aromatic heterocycles. The van der Waals surface area contributed by atoms with Crippen molar-refractivity contribution in [3.8, 4) is 0 Å². The van der Waals surface area contributed by atoms with Gasteiger partial charge in [0, 0.05) is 11.1 Å². The molecule has 3 rings (SSSR count). The minimum Gasteiger partial charge on any atom is -0.460 e. The largest absolute Gasteiger partial charge is 0.460 e. The summed E-state index contributed by atoms with van der Waals surface area (Å²) in [6.07, 6.45) is -0.273. The van der Waals surface area contributed by atoms with Crippen molar-refractivity contribution in [2.24, 2.45) is 0 Å². The summed E-state index contributed by atoms with van der Waals surface area (Å²) < 4.78 is 38.6. The molecule has 142 valence electrons. The van der Waals surface area contributed by atoms with Crippen molar-refractivity contribution in [1.29, 1.82) is 0 Å². The van der Waals surface area contributed by atoms with Gasteiger partial charge in [-0.1, -0.05) is 17.7 Å². The molecule has 0 bridgehead atoms. The molecule has 0 aliphatic carbocycles. The second-order valence-electron chi connectivity index (χ2n) is 6.62. The van der Waals surface area contributed by atoms with Crippen LogP contribution in [0.3, 0.4) is 0 Å². The van der Waals surface area contributed by atoms with Crippen molar-refractivity contribution in [2.75, 3.05) is 4.72 Å². The molecule has 0 unspecified atom stereocenters. The standard InChI is InChI=1S/C20H21NO5S/c1-12(2)25-20(22)19-14(4)26-18-10-7-15(11-17(18)19)21-27(23,24)16-8-5-13(3)6-9-16/h5-12,21H,1-4H3. The highest BCUT2D eigenvalue weighted by atomic mass is 32.2. The van der Waals surface area contributed by atoms with Crippen molar-refractivity contribution in [3.63, 3.8) is 0 Å². The van der Waals surface area contributed by atoms with E-state index in [1.807, 2.05) is 6.92 Å². The van der Waals surface area contributed by atoms with Crippen LogP contribution < -0.4 is 4.72 Å². The molecule has 0 fully saturated rings. The predicted octanol–water partition coefficient (Wildman–Crippen LogP) is 4.42. The topological polar surface area (TPSA) is 85.6 Å². The Morgan fingerprint density at radius 3 is 2.37 bits per heavy atom. The van der Waals surface area contributed by atoms with Crippen molar-refractivity contribution >= 4 is 32.6 Å². The van der Waals surface area contributed by atoms with Crippen LogP contribution in [0.15, 0.2) is 51.8 Å². The van der Waals surface area contributed by atoms with E-state index in [4.69, 9.17) is 9.15 Å². The van der Waals surface area contributed by atoms with Gasteiger partial charge in [-0.05, 0) is 58.0 Å². The Morgan fingerprint density at radius 1 is 1.07 bits per heavy atom. The number of benzene rings is 2. The summed E-state index contributed by atoms with van der Waals surface area (Å²) in [6.45, 7) is 7.08. The molecule has 1 heterocycles. The zero-order chi connectivity index (χ0) is 19.8. The van der Waals surface area contributed by atoms with Crippen molar-refractivity contribution in [2.45, 2.75) is 38.7 Å². The van der Waals surface area contributed by atoms with Gasteiger partial charge in [0.05, 0.1) is 11.0 Å². The van der Waals surface area contributed by atoms with Crippen molar-refractivity contribution in [1.82, 2.24) is 0 Å². The number of anilines is 1. The molecule has 27 heavy (non-hydrogen) atoms. The first-order valence-electron chi connectivity index (χ1n) is 8.51. The van der Waals surface area contributed by atoms with Crippen LogP contribution in [0.2, 0.25) is 0 Å². The summed E-state index contributed by atoms with van der Waals surface area (Å²) in [5.74, 6) is -0.0750. The fraction of sp³-hybridized carbons (Fsp3) is 0.250. The number of hydrogen-bond donors (Lipinski definition) is 1. The molecule has 0 radical (unpaired) electrons. The number of hydrogen-bond acceptors (Lipinski definition) is 5. The molecule has 6 nitrogen and oxygen atoms in total. The van der Waals surface area contributed by atoms with E-state index in [-0.39, 0.29) is 11.0 Å². The minimum absolute atomic E-state index is 0.163. The maximum Gasteiger partial charge on any atom is 0.342 e. The summed E-state index contributed by atoms with van der Waals surface area (Å²) in [6, 6.07) is 11.4. The van der Waals surface area contributed by atoms with Gasteiger partial charge in [0.25, 0.3) is 10.0 Å². The zero-order valence-electron chi connectivity index (χ0n) is 15.6. The summed E-state index contributed by atoms with van der Waals surface area (Å²) in [4.78, 5) is 12.5. The van der Waals surface area contributed by atoms with Crippen LogP contribution in [0.5, 0.6) is 0 Å². The van der Waals surface area contributed by atoms with Crippen LogP contribution in [0.25, 0.3) is 11.0 Å². The maximum absolute atomic E-state index is 12.6. The van der Waals surface area contributed by atoms with Gasteiger partial charge in [-0.15, -0.1) is 0 Å². The Bertz CT molecular complexity index is 1100. The van der Waals surface area contributed by atoms with Gasteiger partial charge in [-0.25, -0.2) is 13.2 Å². The Morgan fingerprint density at radius 2 is 1.74 bits per heavy atom. The lowest BCUT2D eigenvalue weighted by Gasteiger charge is -2.09. The Kier molecular flexibility index (Phi) is 4.97. The number of ether oxygens (including phenoxy) is 1. The van der Waals surface area contributed by atoms with Gasteiger partial charge in [-0.2, -0.15) is 0 Å². The number of carbonyl (C=O) groups excluding carboxylic acids is 1. The average molecular weight is 387 g/mol. The van der Waals surface area contributed by atoms with Gasteiger partial charge in [0.1, 0.15) is 16.9 Å².